The Morgan fingerprint density at radius 2 is 2.00 bits per heavy atom. The molecular weight excluding hydrogens is 287 g/mol. The van der Waals surface area contributed by atoms with Crippen LogP contribution in [0.5, 0.6) is 0 Å². The molecule has 0 atom stereocenters. The van der Waals surface area contributed by atoms with E-state index in [1.54, 1.807) is 12.3 Å². The maximum Gasteiger partial charge on any atom is 0.123 e. The van der Waals surface area contributed by atoms with Gasteiger partial charge in [-0.05, 0) is 54.4 Å². The van der Waals surface area contributed by atoms with Crippen LogP contribution in [-0.4, -0.2) is 11.5 Å². The zero-order chi connectivity index (χ0) is 14.8. The fourth-order valence-electron chi connectivity index (χ4n) is 2.57. The fraction of sp³-hybridized carbons (Fsp3) is 0.118. The lowest BCUT2D eigenvalue weighted by Gasteiger charge is -2.14. The van der Waals surface area contributed by atoms with Crippen LogP contribution in [0.2, 0.25) is 5.02 Å². The van der Waals surface area contributed by atoms with Gasteiger partial charge in [0.25, 0.3) is 0 Å². The van der Waals surface area contributed by atoms with E-state index in [0.717, 1.165) is 27.6 Å². The van der Waals surface area contributed by atoms with Gasteiger partial charge >= 0.3 is 0 Å². The molecule has 2 aromatic carbocycles. The number of aromatic nitrogens is 1. The van der Waals surface area contributed by atoms with Gasteiger partial charge in [0.05, 0.1) is 10.5 Å². The molecule has 0 saturated carbocycles. The zero-order valence-electron chi connectivity index (χ0n) is 11.3. The van der Waals surface area contributed by atoms with Crippen LogP contribution in [0, 0.1) is 5.82 Å². The number of hydrogen-bond donors (Lipinski definition) is 1. The third-order valence-corrected chi connectivity index (χ3v) is 3.76. The van der Waals surface area contributed by atoms with Crippen LogP contribution in [-0.2, 0) is 6.42 Å². The van der Waals surface area contributed by atoms with E-state index in [4.69, 9.17) is 17.3 Å². The standard InChI is InChI=1S/C17H14ClFN2/c18-15-10-12(6-7-20)16(11-3-1-4-13(19)9-11)17-14(15)5-2-8-21-17/h1-5,8-10H,6-7,20H2. The number of halogens is 2. The lowest BCUT2D eigenvalue weighted by atomic mass is 9.94. The molecule has 3 aromatic rings. The van der Waals surface area contributed by atoms with Gasteiger partial charge in [0.2, 0.25) is 0 Å². The number of rotatable bonds is 3. The summed E-state index contributed by atoms with van der Waals surface area (Å²) in [4.78, 5) is 4.44. The second-order valence-electron chi connectivity index (χ2n) is 4.84. The zero-order valence-corrected chi connectivity index (χ0v) is 12.1. The summed E-state index contributed by atoms with van der Waals surface area (Å²) in [5, 5.41) is 1.50. The molecular formula is C17H14ClFN2. The topological polar surface area (TPSA) is 38.9 Å². The first kappa shape index (κ1) is 14.0. The maximum atomic E-state index is 13.6. The van der Waals surface area contributed by atoms with Gasteiger partial charge in [-0.3, -0.25) is 4.98 Å². The Bertz CT molecular complexity index is 802. The summed E-state index contributed by atoms with van der Waals surface area (Å²) in [5.74, 6) is -0.273. The molecule has 0 saturated heterocycles. The van der Waals surface area contributed by atoms with Crippen LogP contribution in [0.3, 0.4) is 0 Å². The van der Waals surface area contributed by atoms with E-state index < -0.39 is 0 Å². The monoisotopic (exact) mass is 300 g/mol. The summed E-state index contributed by atoms with van der Waals surface area (Å²) in [7, 11) is 0. The Balaban J connectivity index is 2.37. The van der Waals surface area contributed by atoms with Gasteiger partial charge in [0.15, 0.2) is 0 Å². The van der Waals surface area contributed by atoms with Crippen molar-refractivity contribution in [1.29, 1.82) is 0 Å². The molecule has 1 aromatic heterocycles. The maximum absolute atomic E-state index is 13.6. The minimum absolute atomic E-state index is 0.273. The SMILES string of the molecule is NCCc1cc(Cl)c2cccnc2c1-c1cccc(F)c1. The van der Waals surface area contributed by atoms with E-state index in [2.05, 4.69) is 4.98 Å². The Morgan fingerprint density at radius 3 is 2.76 bits per heavy atom. The summed E-state index contributed by atoms with van der Waals surface area (Å²) in [6.45, 7) is 0.497. The molecule has 0 bridgehead atoms. The van der Waals surface area contributed by atoms with Crippen molar-refractivity contribution in [1.82, 2.24) is 4.98 Å². The molecule has 0 spiro atoms. The molecule has 0 aliphatic heterocycles. The van der Waals surface area contributed by atoms with E-state index in [-0.39, 0.29) is 5.82 Å². The number of nitrogens with two attached hydrogens (primary N) is 1. The van der Waals surface area contributed by atoms with Gasteiger partial charge < -0.3 is 5.73 Å². The van der Waals surface area contributed by atoms with Gasteiger partial charge in [-0.25, -0.2) is 4.39 Å². The van der Waals surface area contributed by atoms with E-state index in [1.165, 1.54) is 12.1 Å². The lowest BCUT2D eigenvalue weighted by molar-refractivity contribution is 0.628. The molecule has 0 amide bonds. The Hall–Kier alpha value is -1.97. The van der Waals surface area contributed by atoms with E-state index >= 15 is 0 Å². The molecule has 2 N–H and O–H groups in total. The second-order valence-corrected chi connectivity index (χ2v) is 5.25. The van der Waals surface area contributed by atoms with Crippen LogP contribution < -0.4 is 5.73 Å². The van der Waals surface area contributed by atoms with Crippen molar-refractivity contribution in [2.45, 2.75) is 6.42 Å². The summed E-state index contributed by atoms with van der Waals surface area (Å²) in [6.07, 6.45) is 2.38. The lowest BCUT2D eigenvalue weighted by Crippen LogP contribution is -2.05. The fourth-order valence-corrected chi connectivity index (χ4v) is 2.86. The highest BCUT2D eigenvalue weighted by atomic mass is 35.5. The number of pyridine rings is 1. The minimum Gasteiger partial charge on any atom is -0.330 e. The number of hydrogen-bond acceptors (Lipinski definition) is 2. The highest BCUT2D eigenvalue weighted by molar-refractivity contribution is 6.36. The predicted molar refractivity (Wildman–Crippen MR) is 84.9 cm³/mol. The Morgan fingerprint density at radius 1 is 1.14 bits per heavy atom. The largest absolute Gasteiger partial charge is 0.330 e. The van der Waals surface area contributed by atoms with Gasteiger partial charge in [0.1, 0.15) is 5.82 Å². The van der Waals surface area contributed by atoms with Crippen molar-refractivity contribution < 1.29 is 4.39 Å². The normalized spacial score (nSPS) is 11.0. The summed E-state index contributed by atoms with van der Waals surface area (Å²) >= 11 is 6.33. The van der Waals surface area contributed by atoms with Crippen LogP contribution in [0.4, 0.5) is 4.39 Å². The van der Waals surface area contributed by atoms with E-state index in [9.17, 15) is 4.39 Å². The van der Waals surface area contributed by atoms with Crippen molar-refractivity contribution >= 4 is 22.5 Å². The molecule has 0 fully saturated rings. The summed E-state index contributed by atoms with van der Waals surface area (Å²) in [6, 6.07) is 12.2. The van der Waals surface area contributed by atoms with Gasteiger partial charge in [-0.2, -0.15) is 0 Å². The van der Waals surface area contributed by atoms with Gasteiger partial charge in [-0.1, -0.05) is 23.7 Å². The average Bonchev–Trinajstić information content (AvgIpc) is 2.48. The first-order chi connectivity index (χ1) is 10.2. The summed E-state index contributed by atoms with van der Waals surface area (Å²) < 4.78 is 13.6. The molecule has 1 heterocycles. The second kappa shape index (κ2) is 5.80. The molecule has 3 rings (SSSR count). The smallest absolute Gasteiger partial charge is 0.123 e. The summed E-state index contributed by atoms with van der Waals surface area (Å²) in [5.41, 5.74) is 9.15. The Labute approximate surface area is 127 Å². The van der Waals surface area contributed by atoms with Crippen molar-refractivity contribution in [3.8, 4) is 11.1 Å². The molecule has 0 radical (unpaired) electrons. The van der Waals surface area contributed by atoms with Crippen molar-refractivity contribution in [3.05, 3.63) is 65.1 Å². The molecule has 4 heteroatoms. The van der Waals surface area contributed by atoms with Crippen molar-refractivity contribution in [2.24, 2.45) is 5.73 Å². The van der Waals surface area contributed by atoms with Gasteiger partial charge in [0, 0.05) is 17.1 Å². The molecule has 0 aliphatic carbocycles. The average molecular weight is 301 g/mol. The third kappa shape index (κ3) is 2.62. The molecule has 2 nitrogen and oxygen atoms in total. The molecule has 21 heavy (non-hydrogen) atoms. The number of nitrogens with zero attached hydrogens (tertiary/aromatic N) is 1. The first-order valence-electron chi connectivity index (χ1n) is 6.73. The van der Waals surface area contributed by atoms with Crippen LogP contribution in [0.25, 0.3) is 22.0 Å². The van der Waals surface area contributed by atoms with Gasteiger partial charge in [-0.15, -0.1) is 0 Å². The Kier molecular flexibility index (Phi) is 3.86. The van der Waals surface area contributed by atoms with Crippen LogP contribution >= 0.6 is 11.6 Å². The van der Waals surface area contributed by atoms with Crippen LogP contribution in [0.1, 0.15) is 5.56 Å². The first-order valence-corrected chi connectivity index (χ1v) is 7.10. The molecule has 0 unspecified atom stereocenters. The molecule has 0 aliphatic rings. The highest BCUT2D eigenvalue weighted by Gasteiger charge is 2.14. The minimum atomic E-state index is -0.273. The van der Waals surface area contributed by atoms with E-state index in [1.807, 2.05) is 24.3 Å². The van der Waals surface area contributed by atoms with E-state index in [0.29, 0.717) is 18.0 Å². The number of benzene rings is 2. The van der Waals surface area contributed by atoms with Crippen LogP contribution in [0.15, 0.2) is 48.7 Å². The molecule has 106 valence electrons. The quantitative estimate of drug-likeness (QED) is 0.787. The number of fused-ring (bicyclic) bond motifs is 1. The third-order valence-electron chi connectivity index (χ3n) is 3.45. The highest BCUT2D eigenvalue weighted by Crippen LogP contribution is 2.35. The predicted octanol–water partition coefficient (Wildman–Crippen LogP) is 4.20. The van der Waals surface area contributed by atoms with Crippen molar-refractivity contribution in [2.75, 3.05) is 6.54 Å². The van der Waals surface area contributed by atoms with Crippen molar-refractivity contribution in [3.63, 3.8) is 0 Å².